The number of ether oxygens (including phenoxy) is 2. The molecule has 3 aromatic rings. The van der Waals surface area contributed by atoms with Crippen molar-refractivity contribution in [2.24, 2.45) is 0 Å². The van der Waals surface area contributed by atoms with E-state index in [4.69, 9.17) is 9.47 Å². The van der Waals surface area contributed by atoms with E-state index >= 15 is 0 Å². The molecule has 0 aliphatic carbocycles. The maximum atomic E-state index is 12.4. The summed E-state index contributed by atoms with van der Waals surface area (Å²) < 4.78 is 11.2. The SMILES string of the molecule is O=C(Nc1ccccc1[N+](=O)[O-])c1cccc(OCCOc2ccccc2)c1. The van der Waals surface area contributed by atoms with Crippen molar-refractivity contribution in [2.75, 3.05) is 18.5 Å². The van der Waals surface area contributed by atoms with E-state index < -0.39 is 10.8 Å². The van der Waals surface area contributed by atoms with Crippen LogP contribution in [0.5, 0.6) is 11.5 Å². The maximum Gasteiger partial charge on any atom is 0.292 e. The molecule has 7 heteroatoms. The number of anilines is 1. The maximum absolute atomic E-state index is 12.4. The quantitative estimate of drug-likeness (QED) is 0.358. The van der Waals surface area contributed by atoms with Gasteiger partial charge in [0, 0.05) is 11.6 Å². The number of nitrogens with zero attached hydrogens (tertiary/aromatic N) is 1. The number of nitro groups is 1. The molecule has 3 aromatic carbocycles. The predicted molar refractivity (Wildman–Crippen MR) is 105 cm³/mol. The summed E-state index contributed by atoms with van der Waals surface area (Å²) in [6, 6.07) is 22.0. The minimum atomic E-state index is -0.540. The van der Waals surface area contributed by atoms with Gasteiger partial charge in [-0.25, -0.2) is 0 Å². The zero-order valence-electron chi connectivity index (χ0n) is 14.9. The van der Waals surface area contributed by atoms with E-state index in [-0.39, 0.29) is 11.4 Å². The van der Waals surface area contributed by atoms with Crippen molar-refractivity contribution in [1.29, 1.82) is 0 Å². The van der Waals surface area contributed by atoms with E-state index in [1.54, 1.807) is 36.4 Å². The molecule has 28 heavy (non-hydrogen) atoms. The third-order valence-electron chi connectivity index (χ3n) is 3.81. The predicted octanol–water partition coefficient (Wildman–Crippen LogP) is 4.30. The van der Waals surface area contributed by atoms with Crippen LogP contribution in [0.2, 0.25) is 0 Å². The first-order chi connectivity index (χ1) is 13.6. The fourth-order valence-corrected chi connectivity index (χ4v) is 2.50. The van der Waals surface area contributed by atoms with Crippen LogP contribution < -0.4 is 14.8 Å². The zero-order chi connectivity index (χ0) is 19.8. The molecule has 0 spiro atoms. The molecule has 0 saturated heterocycles. The Bertz CT molecular complexity index is 960. The summed E-state index contributed by atoms with van der Waals surface area (Å²) in [5, 5.41) is 13.6. The molecule has 0 aromatic heterocycles. The molecule has 0 aliphatic heterocycles. The van der Waals surface area contributed by atoms with Crippen molar-refractivity contribution in [1.82, 2.24) is 0 Å². The second-order valence-corrected chi connectivity index (χ2v) is 5.77. The van der Waals surface area contributed by atoms with Gasteiger partial charge in [0.25, 0.3) is 11.6 Å². The lowest BCUT2D eigenvalue weighted by atomic mass is 10.2. The van der Waals surface area contributed by atoms with Crippen LogP contribution in [0.1, 0.15) is 10.4 Å². The Morgan fingerprint density at radius 1 is 0.857 bits per heavy atom. The van der Waals surface area contributed by atoms with Gasteiger partial charge in [-0.15, -0.1) is 0 Å². The second kappa shape index (κ2) is 9.18. The topological polar surface area (TPSA) is 90.7 Å². The average molecular weight is 378 g/mol. The molecule has 142 valence electrons. The summed E-state index contributed by atoms with van der Waals surface area (Å²) in [6.07, 6.45) is 0. The molecule has 0 fully saturated rings. The molecular formula is C21H18N2O5. The third kappa shape index (κ3) is 5.07. The highest BCUT2D eigenvalue weighted by Crippen LogP contribution is 2.24. The summed E-state index contributed by atoms with van der Waals surface area (Å²) in [7, 11) is 0. The van der Waals surface area contributed by atoms with Crippen LogP contribution in [0.25, 0.3) is 0 Å². The average Bonchev–Trinajstić information content (AvgIpc) is 2.72. The standard InChI is InChI=1S/C21H18N2O5/c24-21(22-19-11-4-5-12-20(19)23(25)26)16-7-6-10-18(15-16)28-14-13-27-17-8-2-1-3-9-17/h1-12,15H,13-14H2,(H,22,24). The normalized spacial score (nSPS) is 10.1. The van der Waals surface area contributed by atoms with Crippen molar-refractivity contribution in [2.45, 2.75) is 0 Å². The van der Waals surface area contributed by atoms with E-state index in [0.717, 1.165) is 5.75 Å². The molecule has 0 saturated carbocycles. The van der Waals surface area contributed by atoms with Gasteiger partial charge in [0.1, 0.15) is 30.4 Å². The summed E-state index contributed by atoms with van der Waals surface area (Å²) in [4.78, 5) is 23.0. The number of nitrogens with one attached hydrogen (secondary N) is 1. The van der Waals surface area contributed by atoms with Crippen molar-refractivity contribution in [3.8, 4) is 11.5 Å². The molecule has 7 nitrogen and oxygen atoms in total. The molecule has 0 unspecified atom stereocenters. The van der Waals surface area contributed by atoms with Gasteiger partial charge in [-0.2, -0.15) is 0 Å². The van der Waals surface area contributed by atoms with Gasteiger partial charge in [0.05, 0.1) is 4.92 Å². The van der Waals surface area contributed by atoms with Gasteiger partial charge in [-0.1, -0.05) is 36.4 Å². The Balaban J connectivity index is 1.58. The van der Waals surface area contributed by atoms with E-state index in [9.17, 15) is 14.9 Å². The van der Waals surface area contributed by atoms with Gasteiger partial charge in [-0.3, -0.25) is 14.9 Å². The number of nitro benzene ring substituents is 1. The first-order valence-corrected chi connectivity index (χ1v) is 8.59. The van der Waals surface area contributed by atoms with E-state index in [1.165, 1.54) is 12.1 Å². The molecule has 0 atom stereocenters. The molecule has 0 radical (unpaired) electrons. The Labute approximate surface area is 161 Å². The summed E-state index contributed by atoms with van der Waals surface area (Å²) in [5.41, 5.74) is 0.307. The Hall–Kier alpha value is -3.87. The van der Waals surface area contributed by atoms with Gasteiger partial charge in [0.2, 0.25) is 0 Å². The van der Waals surface area contributed by atoms with Crippen LogP contribution in [0, 0.1) is 10.1 Å². The van der Waals surface area contributed by atoms with Crippen molar-refractivity contribution in [3.05, 3.63) is 94.5 Å². The fourth-order valence-electron chi connectivity index (χ4n) is 2.50. The van der Waals surface area contributed by atoms with Crippen LogP contribution >= 0.6 is 0 Å². The van der Waals surface area contributed by atoms with Crippen molar-refractivity contribution in [3.63, 3.8) is 0 Å². The molecule has 3 rings (SSSR count). The largest absolute Gasteiger partial charge is 0.490 e. The molecule has 0 aliphatic rings. The second-order valence-electron chi connectivity index (χ2n) is 5.77. The minimum absolute atomic E-state index is 0.139. The van der Waals surface area contributed by atoms with Crippen LogP contribution in [0.15, 0.2) is 78.9 Å². The van der Waals surface area contributed by atoms with Gasteiger partial charge in [0.15, 0.2) is 0 Å². The van der Waals surface area contributed by atoms with Crippen LogP contribution in [-0.4, -0.2) is 24.0 Å². The molecule has 1 N–H and O–H groups in total. The zero-order valence-corrected chi connectivity index (χ0v) is 14.9. The van der Waals surface area contributed by atoms with Crippen LogP contribution in [0.4, 0.5) is 11.4 Å². The number of benzene rings is 3. The molecular weight excluding hydrogens is 360 g/mol. The van der Waals surface area contributed by atoms with Gasteiger partial charge >= 0.3 is 0 Å². The highest BCUT2D eigenvalue weighted by molar-refractivity contribution is 6.05. The summed E-state index contributed by atoms with van der Waals surface area (Å²) in [5.74, 6) is 0.802. The number of para-hydroxylation sites is 3. The van der Waals surface area contributed by atoms with E-state index in [2.05, 4.69) is 5.32 Å². The summed E-state index contributed by atoms with van der Waals surface area (Å²) in [6.45, 7) is 0.667. The van der Waals surface area contributed by atoms with Crippen molar-refractivity contribution < 1.29 is 19.2 Å². The van der Waals surface area contributed by atoms with Crippen LogP contribution in [-0.2, 0) is 0 Å². The van der Waals surface area contributed by atoms with E-state index in [1.807, 2.05) is 30.3 Å². The first kappa shape index (κ1) is 18.9. The number of amides is 1. The molecule has 0 bridgehead atoms. The monoisotopic (exact) mass is 378 g/mol. The number of carbonyl (C=O) groups excluding carboxylic acids is 1. The van der Waals surface area contributed by atoms with Crippen LogP contribution in [0.3, 0.4) is 0 Å². The third-order valence-corrected chi connectivity index (χ3v) is 3.81. The molecule has 1 amide bonds. The highest BCUT2D eigenvalue weighted by Gasteiger charge is 2.16. The smallest absolute Gasteiger partial charge is 0.292 e. The van der Waals surface area contributed by atoms with E-state index in [0.29, 0.717) is 24.5 Å². The first-order valence-electron chi connectivity index (χ1n) is 8.59. The summed E-state index contributed by atoms with van der Waals surface area (Å²) >= 11 is 0. The molecule has 0 heterocycles. The lowest BCUT2D eigenvalue weighted by Crippen LogP contribution is -2.14. The van der Waals surface area contributed by atoms with Crippen molar-refractivity contribution >= 4 is 17.3 Å². The van der Waals surface area contributed by atoms with Gasteiger partial charge < -0.3 is 14.8 Å². The minimum Gasteiger partial charge on any atom is -0.490 e. The number of hydrogen-bond acceptors (Lipinski definition) is 5. The Morgan fingerprint density at radius 3 is 2.25 bits per heavy atom. The highest BCUT2D eigenvalue weighted by atomic mass is 16.6. The fraction of sp³-hybridized carbons (Fsp3) is 0.0952. The Kier molecular flexibility index (Phi) is 6.20. The lowest BCUT2D eigenvalue weighted by Gasteiger charge is -2.10. The number of hydrogen-bond donors (Lipinski definition) is 1. The number of carbonyl (C=O) groups is 1. The Morgan fingerprint density at radius 2 is 1.50 bits per heavy atom. The number of rotatable bonds is 8. The van der Waals surface area contributed by atoms with Gasteiger partial charge in [-0.05, 0) is 36.4 Å². The lowest BCUT2D eigenvalue weighted by molar-refractivity contribution is -0.383.